The van der Waals surface area contributed by atoms with Crippen molar-refractivity contribution in [1.82, 2.24) is 0 Å². The zero-order valence-electron chi connectivity index (χ0n) is 5.94. The van der Waals surface area contributed by atoms with Gasteiger partial charge in [0.25, 0.3) is 0 Å². The summed E-state index contributed by atoms with van der Waals surface area (Å²) in [5, 5.41) is 9.09. The van der Waals surface area contributed by atoms with Gasteiger partial charge in [0.05, 0.1) is 17.5 Å². The molecular weight excluding hydrogens is 305 g/mol. The van der Waals surface area contributed by atoms with Crippen LogP contribution in [-0.4, -0.2) is 0 Å². The molecule has 0 radical (unpaired) electrons. The maximum atomic E-state index is 8.48. The predicted octanol–water partition coefficient (Wildman–Crippen LogP) is 3.93. The van der Waals surface area contributed by atoms with Crippen LogP contribution in [0.15, 0.2) is 21.1 Å². The Morgan fingerprint density at radius 1 is 1.42 bits per heavy atom. The molecule has 0 aromatic heterocycles. The second-order valence-corrected chi connectivity index (χ2v) is 4.19. The number of nitriles is 1. The Hall–Kier alpha value is -0.0400. The third kappa shape index (κ3) is 2.01. The molecule has 0 fully saturated rings. The number of nitrogens with zero attached hydrogens (tertiary/aromatic N) is 1. The van der Waals surface area contributed by atoms with E-state index in [2.05, 4.69) is 37.9 Å². The van der Waals surface area contributed by atoms with Crippen molar-refractivity contribution in [1.29, 1.82) is 5.26 Å². The zero-order valence-corrected chi connectivity index (χ0v) is 9.87. The largest absolute Gasteiger partial charge is 0.198 e. The molecule has 0 bridgehead atoms. The van der Waals surface area contributed by atoms with Crippen molar-refractivity contribution in [2.24, 2.45) is 0 Å². The molecule has 0 saturated carbocycles. The summed E-state index contributed by atoms with van der Waals surface area (Å²) in [6, 6.07) is 5.77. The Kier molecular flexibility index (Phi) is 3.57. The van der Waals surface area contributed by atoms with Crippen LogP contribution in [0.1, 0.15) is 5.56 Å². The van der Waals surface area contributed by atoms with Crippen molar-refractivity contribution in [3.8, 4) is 6.07 Å². The molecule has 1 nitrogen and oxygen atoms in total. The van der Waals surface area contributed by atoms with Crippen LogP contribution in [0.5, 0.6) is 0 Å². The molecular formula is C8H4Br2ClN. The number of hydrogen-bond donors (Lipinski definition) is 0. The lowest BCUT2D eigenvalue weighted by Gasteiger charge is -2.03. The average molecular weight is 309 g/mol. The van der Waals surface area contributed by atoms with E-state index in [1.807, 2.05) is 12.1 Å². The van der Waals surface area contributed by atoms with E-state index in [1.165, 1.54) is 0 Å². The summed E-state index contributed by atoms with van der Waals surface area (Å²) < 4.78 is 1.62. The van der Waals surface area contributed by atoms with E-state index in [0.29, 0.717) is 11.4 Å². The van der Waals surface area contributed by atoms with Gasteiger partial charge in [0.15, 0.2) is 0 Å². The number of halogens is 3. The van der Waals surface area contributed by atoms with Gasteiger partial charge in [0.2, 0.25) is 0 Å². The van der Waals surface area contributed by atoms with Crippen molar-refractivity contribution in [2.75, 3.05) is 0 Å². The molecule has 0 aliphatic carbocycles. The molecule has 0 heterocycles. The maximum Gasteiger partial charge on any atom is 0.0693 e. The second-order valence-electron chi connectivity index (χ2n) is 2.17. The number of rotatable bonds is 1. The Bertz CT molecular complexity index is 344. The molecule has 0 N–H and O–H groups in total. The van der Waals surface area contributed by atoms with Crippen LogP contribution in [-0.2, 0) is 6.42 Å². The molecule has 12 heavy (non-hydrogen) atoms. The minimum absolute atomic E-state index is 0.369. The SMILES string of the molecule is N#CCc1ccc(Br)c(Cl)c1Br. The van der Waals surface area contributed by atoms with E-state index in [9.17, 15) is 0 Å². The molecule has 0 aliphatic rings. The minimum Gasteiger partial charge on any atom is -0.198 e. The third-order valence-corrected chi connectivity index (χ3v) is 3.80. The molecule has 0 aliphatic heterocycles. The quantitative estimate of drug-likeness (QED) is 0.721. The summed E-state index contributed by atoms with van der Waals surface area (Å²) in [7, 11) is 0. The molecule has 1 aromatic carbocycles. The van der Waals surface area contributed by atoms with E-state index in [1.54, 1.807) is 0 Å². The van der Waals surface area contributed by atoms with Gasteiger partial charge in [-0.3, -0.25) is 0 Å². The van der Waals surface area contributed by atoms with Gasteiger partial charge in [-0.2, -0.15) is 5.26 Å². The summed E-state index contributed by atoms with van der Waals surface area (Å²) >= 11 is 12.5. The van der Waals surface area contributed by atoms with Crippen LogP contribution in [0.4, 0.5) is 0 Å². The molecule has 0 atom stereocenters. The van der Waals surface area contributed by atoms with Crippen molar-refractivity contribution >= 4 is 43.5 Å². The zero-order chi connectivity index (χ0) is 9.14. The molecule has 62 valence electrons. The molecule has 4 heteroatoms. The van der Waals surface area contributed by atoms with Crippen LogP contribution >= 0.6 is 43.5 Å². The van der Waals surface area contributed by atoms with Crippen molar-refractivity contribution in [2.45, 2.75) is 6.42 Å². The van der Waals surface area contributed by atoms with Crippen LogP contribution in [0.25, 0.3) is 0 Å². The summed E-state index contributed by atoms with van der Waals surface area (Å²) in [6.45, 7) is 0. The predicted molar refractivity (Wildman–Crippen MR) is 56.2 cm³/mol. The summed E-state index contributed by atoms with van der Waals surface area (Å²) in [6.07, 6.45) is 0.369. The summed E-state index contributed by atoms with van der Waals surface area (Å²) in [4.78, 5) is 0. The van der Waals surface area contributed by atoms with E-state index < -0.39 is 0 Å². The van der Waals surface area contributed by atoms with Gasteiger partial charge < -0.3 is 0 Å². The molecule has 0 saturated heterocycles. The van der Waals surface area contributed by atoms with Crippen LogP contribution in [0, 0.1) is 11.3 Å². The molecule has 1 aromatic rings. The highest BCUT2D eigenvalue weighted by Crippen LogP contribution is 2.33. The topological polar surface area (TPSA) is 23.8 Å². The first-order valence-electron chi connectivity index (χ1n) is 3.16. The van der Waals surface area contributed by atoms with E-state index in [4.69, 9.17) is 16.9 Å². The van der Waals surface area contributed by atoms with Gasteiger partial charge in [0, 0.05) is 8.95 Å². The number of benzene rings is 1. The minimum atomic E-state index is 0.369. The third-order valence-electron chi connectivity index (χ3n) is 1.38. The standard InChI is InChI=1S/C8H4Br2ClN/c9-6-2-1-5(3-4-12)7(10)8(6)11/h1-2H,3H2. The first-order chi connectivity index (χ1) is 5.66. The van der Waals surface area contributed by atoms with Crippen molar-refractivity contribution < 1.29 is 0 Å². The molecule has 0 unspecified atom stereocenters. The van der Waals surface area contributed by atoms with Gasteiger partial charge in [-0.25, -0.2) is 0 Å². The Balaban J connectivity index is 3.19. The van der Waals surface area contributed by atoms with Crippen LogP contribution in [0.2, 0.25) is 5.02 Å². The lowest BCUT2D eigenvalue weighted by Crippen LogP contribution is -1.84. The lowest BCUT2D eigenvalue weighted by atomic mass is 10.2. The first-order valence-corrected chi connectivity index (χ1v) is 5.12. The van der Waals surface area contributed by atoms with Gasteiger partial charge >= 0.3 is 0 Å². The maximum absolute atomic E-state index is 8.48. The Labute approximate surface area is 92.6 Å². The summed E-state index contributed by atoms with van der Waals surface area (Å²) in [5.74, 6) is 0. The lowest BCUT2D eigenvalue weighted by molar-refractivity contribution is 1.24. The van der Waals surface area contributed by atoms with E-state index >= 15 is 0 Å². The molecule has 0 amide bonds. The number of hydrogen-bond acceptors (Lipinski definition) is 1. The molecule has 0 spiro atoms. The fourth-order valence-corrected chi connectivity index (χ4v) is 2.05. The van der Waals surface area contributed by atoms with Crippen molar-refractivity contribution in [3.63, 3.8) is 0 Å². The normalized spacial score (nSPS) is 9.50. The average Bonchev–Trinajstić information content (AvgIpc) is 2.07. The summed E-state index contributed by atoms with van der Waals surface area (Å²) in [5.41, 5.74) is 0.908. The fourth-order valence-electron chi connectivity index (χ4n) is 0.788. The van der Waals surface area contributed by atoms with E-state index in [-0.39, 0.29) is 0 Å². The second kappa shape index (κ2) is 4.27. The Morgan fingerprint density at radius 2 is 2.08 bits per heavy atom. The van der Waals surface area contributed by atoms with Gasteiger partial charge in [0.1, 0.15) is 0 Å². The highest BCUT2D eigenvalue weighted by molar-refractivity contribution is 9.11. The highest BCUT2D eigenvalue weighted by atomic mass is 79.9. The van der Waals surface area contributed by atoms with Gasteiger partial charge in [-0.1, -0.05) is 17.7 Å². The highest BCUT2D eigenvalue weighted by Gasteiger charge is 2.06. The van der Waals surface area contributed by atoms with E-state index in [0.717, 1.165) is 14.5 Å². The van der Waals surface area contributed by atoms with Crippen molar-refractivity contribution in [3.05, 3.63) is 31.7 Å². The Morgan fingerprint density at radius 3 is 2.67 bits per heavy atom. The van der Waals surface area contributed by atoms with Crippen LogP contribution < -0.4 is 0 Å². The smallest absolute Gasteiger partial charge is 0.0693 e. The first kappa shape index (κ1) is 10.0. The fraction of sp³-hybridized carbons (Fsp3) is 0.125. The van der Waals surface area contributed by atoms with Gasteiger partial charge in [-0.05, 0) is 43.5 Å². The van der Waals surface area contributed by atoms with Crippen LogP contribution in [0.3, 0.4) is 0 Å². The monoisotopic (exact) mass is 307 g/mol. The van der Waals surface area contributed by atoms with Gasteiger partial charge in [-0.15, -0.1) is 0 Å². The molecule has 1 rings (SSSR count).